The summed E-state index contributed by atoms with van der Waals surface area (Å²) in [7, 11) is 0. The summed E-state index contributed by atoms with van der Waals surface area (Å²) in [5, 5.41) is 16.2. The van der Waals surface area contributed by atoms with Gasteiger partial charge in [-0.1, -0.05) is 19.9 Å². The molecule has 140 valence electrons. The Morgan fingerprint density at radius 3 is 2.52 bits per heavy atom. The van der Waals surface area contributed by atoms with Gasteiger partial charge in [0.05, 0.1) is 18.3 Å². The van der Waals surface area contributed by atoms with Gasteiger partial charge in [-0.15, -0.1) is 0 Å². The van der Waals surface area contributed by atoms with Crippen LogP contribution in [0.15, 0.2) is 55.1 Å². The van der Waals surface area contributed by atoms with Gasteiger partial charge in [0, 0.05) is 43.0 Å². The van der Waals surface area contributed by atoms with Crippen LogP contribution >= 0.6 is 0 Å². The molecule has 0 aliphatic carbocycles. The average molecular weight is 364 g/mol. The van der Waals surface area contributed by atoms with Crippen LogP contribution in [0.5, 0.6) is 0 Å². The standard InChI is InChI=1S/C20H24N6O/c1-14(2)18(13-27)25-20-24-17(16-5-8-21-9-6-16)10-19(26-20)23-12-15-4-3-7-22-11-15/h3-11,14,18,27H,12-13H2,1-2H3,(H2,23,24,25,26)/t18-/m1/s1. The lowest BCUT2D eigenvalue weighted by Gasteiger charge is -2.20. The van der Waals surface area contributed by atoms with Crippen LogP contribution in [0.1, 0.15) is 19.4 Å². The first-order valence-electron chi connectivity index (χ1n) is 8.95. The Morgan fingerprint density at radius 2 is 1.85 bits per heavy atom. The van der Waals surface area contributed by atoms with Crippen LogP contribution in [0, 0.1) is 5.92 Å². The molecule has 0 aliphatic heterocycles. The van der Waals surface area contributed by atoms with Crippen molar-refractivity contribution in [2.24, 2.45) is 5.92 Å². The van der Waals surface area contributed by atoms with Gasteiger partial charge in [-0.05, 0) is 29.7 Å². The lowest BCUT2D eigenvalue weighted by atomic mass is 10.1. The van der Waals surface area contributed by atoms with Crippen LogP contribution in [-0.2, 0) is 6.54 Å². The van der Waals surface area contributed by atoms with Crippen molar-refractivity contribution in [2.75, 3.05) is 17.2 Å². The van der Waals surface area contributed by atoms with Gasteiger partial charge in [-0.25, -0.2) is 4.98 Å². The summed E-state index contributed by atoms with van der Waals surface area (Å²) < 4.78 is 0. The molecule has 0 spiro atoms. The number of nitrogens with zero attached hydrogens (tertiary/aromatic N) is 4. The van der Waals surface area contributed by atoms with Gasteiger partial charge >= 0.3 is 0 Å². The number of aliphatic hydroxyl groups excluding tert-OH is 1. The molecule has 3 N–H and O–H groups in total. The van der Waals surface area contributed by atoms with Gasteiger partial charge in [0.25, 0.3) is 0 Å². The molecule has 0 aromatic carbocycles. The highest BCUT2D eigenvalue weighted by molar-refractivity contribution is 5.64. The lowest BCUT2D eigenvalue weighted by molar-refractivity contribution is 0.248. The lowest BCUT2D eigenvalue weighted by Crippen LogP contribution is -2.30. The van der Waals surface area contributed by atoms with Gasteiger partial charge in [0.2, 0.25) is 5.95 Å². The maximum Gasteiger partial charge on any atom is 0.225 e. The summed E-state index contributed by atoms with van der Waals surface area (Å²) in [6, 6.07) is 9.50. The fourth-order valence-electron chi connectivity index (χ4n) is 2.56. The van der Waals surface area contributed by atoms with Crippen molar-refractivity contribution < 1.29 is 5.11 Å². The molecule has 0 unspecified atom stereocenters. The van der Waals surface area contributed by atoms with E-state index in [2.05, 4.69) is 30.6 Å². The Hall–Kier alpha value is -3.06. The topological polar surface area (TPSA) is 95.8 Å². The molecular formula is C20H24N6O. The fourth-order valence-corrected chi connectivity index (χ4v) is 2.56. The Kier molecular flexibility index (Phi) is 6.27. The zero-order chi connectivity index (χ0) is 19.1. The first-order chi connectivity index (χ1) is 13.2. The first-order valence-corrected chi connectivity index (χ1v) is 8.95. The molecule has 0 amide bonds. The van der Waals surface area contributed by atoms with E-state index in [-0.39, 0.29) is 18.6 Å². The van der Waals surface area contributed by atoms with E-state index in [0.29, 0.717) is 18.3 Å². The van der Waals surface area contributed by atoms with E-state index in [1.54, 1.807) is 18.6 Å². The normalized spacial score (nSPS) is 12.0. The van der Waals surface area contributed by atoms with Crippen molar-refractivity contribution in [3.8, 4) is 11.3 Å². The van der Waals surface area contributed by atoms with E-state index >= 15 is 0 Å². The SMILES string of the molecule is CC(C)[C@@H](CO)Nc1nc(NCc2cccnc2)cc(-c2ccncc2)n1. The number of nitrogens with one attached hydrogen (secondary N) is 2. The molecule has 27 heavy (non-hydrogen) atoms. The molecular weight excluding hydrogens is 340 g/mol. The first kappa shape index (κ1) is 18.7. The third-order valence-corrected chi connectivity index (χ3v) is 4.21. The van der Waals surface area contributed by atoms with Gasteiger partial charge in [0.15, 0.2) is 0 Å². The predicted molar refractivity (Wildman–Crippen MR) is 106 cm³/mol. The van der Waals surface area contributed by atoms with Crippen LogP contribution in [0.2, 0.25) is 0 Å². The van der Waals surface area contributed by atoms with E-state index in [1.165, 1.54) is 0 Å². The second-order valence-electron chi connectivity index (χ2n) is 6.59. The van der Waals surface area contributed by atoms with E-state index in [4.69, 9.17) is 0 Å². The highest BCUT2D eigenvalue weighted by atomic mass is 16.3. The van der Waals surface area contributed by atoms with Crippen LogP contribution in [0.4, 0.5) is 11.8 Å². The minimum atomic E-state index is -0.121. The summed E-state index contributed by atoms with van der Waals surface area (Å²) in [6.07, 6.45) is 7.03. The zero-order valence-corrected chi connectivity index (χ0v) is 15.5. The highest BCUT2D eigenvalue weighted by Gasteiger charge is 2.15. The number of aromatic nitrogens is 4. The van der Waals surface area contributed by atoms with Crippen molar-refractivity contribution in [1.29, 1.82) is 0 Å². The fraction of sp³-hybridized carbons (Fsp3) is 0.300. The second kappa shape index (κ2) is 9.05. The second-order valence-corrected chi connectivity index (χ2v) is 6.59. The number of pyridine rings is 2. The van der Waals surface area contributed by atoms with Crippen molar-refractivity contribution in [1.82, 2.24) is 19.9 Å². The van der Waals surface area contributed by atoms with Gasteiger partial charge in [0.1, 0.15) is 5.82 Å². The van der Waals surface area contributed by atoms with E-state index in [1.807, 2.05) is 50.4 Å². The average Bonchev–Trinajstić information content (AvgIpc) is 2.71. The monoisotopic (exact) mass is 364 g/mol. The molecule has 0 aliphatic rings. The maximum atomic E-state index is 9.62. The van der Waals surface area contributed by atoms with Crippen molar-refractivity contribution in [3.05, 3.63) is 60.7 Å². The van der Waals surface area contributed by atoms with Gasteiger partial charge < -0.3 is 15.7 Å². The minimum Gasteiger partial charge on any atom is -0.394 e. The number of anilines is 2. The molecule has 0 fully saturated rings. The Bertz CT molecular complexity index is 842. The largest absolute Gasteiger partial charge is 0.394 e. The number of hydrogen-bond acceptors (Lipinski definition) is 7. The molecule has 3 aromatic rings. The summed E-state index contributed by atoms with van der Waals surface area (Å²) in [5.41, 5.74) is 2.79. The molecule has 0 saturated heterocycles. The smallest absolute Gasteiger partial charge is 0.225 e. The van der Waals surface area contributed by atoms with Crippen LogP contribution in [0.3, 0.4) is 0 Å². The van der Waals surface area contributed by atoms with Crippen molar-refractivity contribution in [2.45, 2.75) is 26.4 Å². The zero-order valence-electron chi connectivity index (χ0n) is 15.5. The Morgan fingerprint density at radius 1 is 1.04 bits per heavy atom. The summed E-state index contributed by atoms with van der Waals surface area (Å²) in [5.74, 6) is 1.42. The molecule has 0 saturated carbocycles. The quantitative estimate of drug-likeness (QED) is 0.565. The van der Waals surface area contributed by atoms with E-state index in [0.717, 1.165) is 16.8 Å². The maximum absolute atomic E-state index is 9.62. The molecule has 3 rings (SSSR count). The molecule has 0 radical (unpaired) electrons. The van der Waals surface area contributed by atoms with E-state index in [9.17, 15) is 5.11 Å². The van der Waals surface area contributed by atoms with Crippen LogP contribution < -0.4 is 10.6 Å². The minimum absolute atomic E-state index is 0.0129. The number of rotatable bonds is 8. The highest BCUT2D eigenvalue weighted by Crippen LogP contribution is 2.22. The number of hydrogen-bond donors (Lipinski definition) is 3. The predicted octanol–water partition coefficient (Wildman–Crippen LogP) is 2.97. The third-order valence-electron chi connectivity index (χ3n) is 4.21. The Labute approximate surface area is 159 Å². The Balaban J connectivity index is 1.88. The summed E-state index contributed by atoms with van der Waals surface area (Å²) >= 11 is 0. The molecule has 3 aromatic heterocycles. The van der Waals surface area contributed by atoms with Crippen LogP contribution in [0.25, 0.3) is 11.3 Å². The third kappa shape index (κ3) is 5.21. The molecule has 7 heteroatoms. The molecule has 0 bridgehead atoms. The van der Waals surface area contributed by atoms with Gasteiger partial charge in [-0.3, -0.25) is 9.97 Å². The summed E-state index contributed by atoms with van der Waals surface area (Å²) in [4.78, 5) is 17.4. The van der Waals surface area contributed by atoms with Gasteiger partial charge in [-0.2, -0.15) is 4.98 Å². The van der Waals surface area contributed by atoms with E-state index < -0.39 is 0 Å². The molecule has 1 atom stereocenters. The summed E-state index contributed by atoms with van der Waals surface area (Å²) in [6.45, 7) is 4.71. The molecule has 7 nitrogen and oxygen atoms in total. The van der Waals surface area contributed by atoms with Crippen LogP contribution in [-0.4, -0.2) is 37.7 Å². The van der Waals surface area contributed by atoms with Crippen molar-refractivity contribution >= 4 is 11.8 Å². The molecule has 3 heterocycles. The number of aliphatic hydroxyl groups is 1. The van der Waals surface area contributed by atoms with Crippen molar-refractivity contribution in [3.63, 3.8) is 0 Å².